The molecule has 0 aliphatic rings. The molecule has 0 aliphatic heterocycles. The Morgan fingerprint density at radius 2 is 2.15 bits per heavy atom. The van der Waals surface area contributed by atoms with Crippen LogP contribution < -0.4 is 10.6 Å². The fourth-order valence-electron chi connectivity index (χ4n) is 2.63. The number of carbonyl (C=O) groups is 1. The smallest absolute Gasteiger partial charge is 0.261 e. The molecule has 136 valence electrons. The summed E-state index contributed by atoms with van der Waals surface area (Å²) in [5.41, 5.74) is 1.71. The minimum Gasteiger partial charge on any atom is -0.354 e. The second-order valence-electron chi connectivity index (χ2n) is 5.65. The second kappa shape index (κ2) is 6.98. The van der Waals surface area contributed by atoms with Gasteiger partial charge in [-0.25, -0.2) is 14.1 Å². The zero-order chi connectivity index (χ0) is 19.0. The summed E-state index contributed by atoms with van der Waals surface area (Å²) in [5.74, 6) is -0.153. The van der Waals surface area contributed by atoms with Crippen LogP contribution in [0.25, 0.3) is 16.6 Å². The van der Waals surface area contributed by atoms with E-state index < -0.39 is 5.82 Å². The molecule has 27 heavy (non-hydrogen) atoms. The van der Waals surface area contributed by atoms with Gasteiger partial charge in [0.1, 0.15) is 11.6 Å². The van der Waals surface area contributed by atoms with Crippen molar-refractivity contribution in [2.45, 2.75) is 0 Å². The molecule has 4 rings (SSSR count). The number of nitrogens with zero attached hydrogens (tertiary/aromatic N) is 3. The molecule has 1 amide bonds. The van der Waals surface area contributed by atoms with Crippen LogP contribution in [0.5, 0.6) is 0 Å². The van der Waals surface area contributed by atoms with E-state index in [1.165, 1.54) is 23.5 Å². The van der Waals surface area contributed by atoms with Crippen molar-refractivity contribution in [1.29, 1.82) is 0 Å². The lowest BCUT2D eigenvalue weighted by Gasteiger charge is -2.09. The molecule has 0 unspecified atom stereocenters. The van der Waals surface area contributed by atoms with E-state index in [2.05, 4.69) is 20.7 Å². The van der Waals surface area contributed by atoms with Gasteiger partial charge in [-0.15, -0.1) is 11.3 Å². The van der Waals surface area contributed by atoms with E-state index in [0.717, 1.165) is 16.6 Å². The van der Waals surface area contributed by atoms with Crippen molar-refractivity contribution in [3.63, 3.8) is 0 Å². The number of anilines is 2. The summed E-state index contributed by atoms with van der Waals surface area (Å²) >= 11 is 7.38. The van der Waals surface area contributed by atoms with Gasteiger partial charge < -0.3 is 10.6 Å². The molecule has 0 aliphatic carbocycles. The zero-order valence-electron chi connectivity index (χ0n) is 14.0. The van der Waals surface area contributed by atoms with E-state index >= 15 is 0 Å². The van der Waals surface area contributed by atoms with Crippen LogP contribution >= 0.6 is 22.9 Å². The summed E-state index contributed by atoms with van der Waals surface area (Å²) < 4.78 is 15.6. The van der Waals surface area contributed by atoms with Crippen molar-refractivity contribution < 1.29 is 9.18 Å². The van der Waals surface area contributed by atoms with Crippen molar-refractivity contribution in [3.8, 4) is 5.69 Å². The summed E-state index contributed by atoms with van der Waals surface area (Å²) in [6.45, 7) is 0. The van der Waals surface area contributed by atoms with E-state index in [1.807, 2.05) is 5.38 Å². The first-order valence-corrected chi connectivity index (χ1v) is 9.18. The molecule has 1 aromatic carbocycles. The number of carbonyl (C=O) groups excluding carboxylic acids is 1. The number of thiophene rings is 1. The third-order valence-corrected chi connectivity index (χ3v) is 5.18. The lowest BCUT2D eigenvalue weighted by Crippen LogP contribution is -2.16. The molecule has 0 spiro atoms. The molecule has 3 heterocycles. The molecule has 2 N–H and O–H groups in total. The van der Waals surface area contributed by atoms with Crippen LogP contribution in [0.2, 0.25) is 5.02 Å². The van der Waals surface area contributed by atoms with Crippen LogP contribution in [0.3, 0.4) is 0 Å². The first kappa shape index (κ1) is 17.4. The maximum Gasteiger partial charge on any atom is 0.261 e. The van der Waals surface area contributed by atoms with Crippen LogP contribution in [-0.2, 0) is 0 Å². The van der Waals surface area contributed by atoms with Gasteiger partial charge in [0.2, 0.25) is 0 Å². The lowest BCUT2D eigenvalue weighted by molar-refractivity contribution is 0.0967. The molecule has 0 atom stereocenters. The van der Waals surface area contributed by atoms with E-state index in [9.17, 15) is 9.18 Å². The zero-order valence-corrected chi connectivity index (χ0v) is 15.6. The van der Waals surface area contributed by atoms with E-state index in [-0.39, 0.29) is 16.6 Å². The molecular formula is C18H13ClFN5OS. The molecule has 6 nitrogen and oxygen atoms in total. The molecule has 3 aromatic heterocycles. The number of rotatable bonds is 4. The van der Waals surface area contributed by atoms with Gasteiger partial charge in [-0.2, -0.15) is 5.10 Å². The normalized spacial score (nSPS) is 10.9. The number of amides is 1. The predicted molar refractivity (Wildman–Crippen MR) is 105 cm³/mol. The number of para-hydroxylation sites is 1. The summed E-state index contributed by atoms with van der Waals surface area (Å²) in [6, 6.07) is 7.99. The summed E-state index contributed by atoms with van der Waals surface area (Å²) in [5, 5.41) is 12.8. The Kier molecular flexibility index (Phi) is 4.51. The highest BCUT2D eigenvalue weighted by molar-refractivity contribution is 7.12. The monoisotopic (exact) mass is 401 g/mol. The molecule has 0 saturated carbocycles. The fourth-order valence-corrected chi connectivity index (χ4v) is 3.65. The van der Waals surface area contributed by atoms with Crippen LogP contribution in [-0.4, -0.2) is 27.7 Å². The Balaban J connectivity index is 1.68. The van der Waals surface area contributed by atoms with Gasteiger partial charge >= 0.3 is 0 Å². The minimum atomic E-state index is -0.458. The van der Waals surface area contributed by atoms with Crippen LogP contribution in [0, 0.1) is 5.82 Å². The Hall–Kier alpha value is -2.97. The molecule has 9 heteroatoms. The van der Waals surface area contributed by atoms with Crippen molar-refractivity contribution in [1.82, 2.24) is 20.1 Å². The Morgan fingerprint density at radius 1 is 1.30 bits per heavy atom. The van der Waals surface area contributed by atoms with Gasteiger partial charge in [-0.3, -0.25) is 4.79 Å². The number of hydrogen-bond donors (Lipinski definition) is 2. The average Bonchev–Trinajstić information content (AvgIpc) is 3.30. The first-order valence-electron chi connectivity index (χ1n) is 7.92. The Bertz CT molecular complexity index is 1140. The summed E-state index contributed by atoms with van der Waals surface area (Å²) in [7, 11) is 1.59. The predicted octanol–water partition coefficient (Wildman–Crippen LogP) is 4.38. The summed E-state index contributed by atoms with van der Waals surface area (Å²) in [6.07, 6.45) is 3.32. The van der Waals surface area contributed by atoms with Crippen molar-refractivity contribution in [2.75, 3.05) is 12.4 Å². The maximum atomic E-state index is 13.9. The Labute approximate surface area is 162 Å². The topological polar surface area (TPSA) is 71.8 Å². The van der Waals surface area contributed by atoms with Crippen molar-refractivity contribution >= 4 is 51.3 Å². The molecular weight excluding hydrogens is 389 g/mol. The van der Waals surface area contributed by atoms with E-state index in [0.29, 0.717) is 10.7 Å². The summed E-state index contributed by atoms with van der Waals surface area (Å²) in [4.78, 5) is 16.7. The molecule has 0 fully saturated rings. The first-order chi connectivity index (χ1) is 13.1. The molecule has 0 saturated heterocycles. The number of nitrogens with one attached hydrogen (secondary N) is 2. The fraction of sp³-hybridized carbons (Fsp3) is 0.0556. The van der Waals surface area contributed by atoms with Crippen LogP contribution in [0.4, 0.5) is 15.9 Å². The van der Waals surface area contributed by atoms with Gasteiger partial charge in [0, 0.05) is 17.8 Å². The average molecular weight is 402 g/mol. The third-order valence-electron chi connectivity index (χ3n) is 3.95. The van der Waals surface area contributed by atoms with Gasteiger partial charge in [0.25, 0.3) is 5.91 Å². The highest BCUT2D eigenvalue weighted by Gasteiger charge is 2.13. The van der Waals surface area contributed by atoms with Crippen molar-refractivity contribution in [3.05, 3.63) is 63.8 Å². The second-order valence-corrected chi connectivity index (χ2v) is 6.97. The number of pyridine rings is 1. The van der Waals surface area contributed by atoms with Gasteiger partial charge in [0.15, 0.2) is 0 Å². The van der Waals surface area contributed by atoms with Crippen LogP contribution in [0.1, 0.15) is 9.67 Å². The van der Waals surface area contributed by atoms with Gasteiger partial charge in [-0.1, -0.05) is 17.7 Å². The Morgan fingerprint density at radius 3 is 2.93 bits per heavy atom. The standard InChI is InChI=1S/C18H13ClFN5OS/c1-21-18(26)15-6-11(9-27-15)25-14-8-22-16(5-10(14)7-23-25)24-17-12(19)3-2-4-13(17)20/h2-9H,1H3,(H,21,26)(H,22,24). The highest BCUT2D eigenvalue weighted by Crippen LogP contribution is 2.29. The van der Waals surface area contributed by atoms with Crippen molar-refractivity contribution in [2.24, 2.45) is 0 Å². The number of fused-ring (bicyclic) bond motifs is 1. The molecule has 0 bridgehead atoms. The molecule has 0 radical (unpaired) electrons. The number of benzene rings is 1. The van der Waals surface area contributed by atoms with Gasteiger partial charge in [-0.05, 0) is 24.3 Å². The number of aromatic nitrogens is 3. The maximum absolute atomic E-state index is 13.9. The van der Waals surface area contributed by atoms with E-state index in [1.54, 1.807) is 42.3 Å². The van der Waals surface area contributed by atoms with E-state index in [4.69, 9.17) is 11.6 Å². The minimum absolute atomic E-state index is 0.144. The highest BCUT2D eigenvalue weighted by atomic mass is 35.5. The van der Waals surface area contributed by atoms with Gasteiger partial charge in [0.05, 0.1) is 39.2 Å². The number of hydrogen-bond acceptors (Lipinski definition) is 5. The number of halogens is 2. The quantitative estimate of drug-likeness (QED) is 0.532. The van der Waals surface area contributed by atoms with Crippen LogP contribution in [0.15, 0.2) is 48.1 Å². The SMILES string of the molecule is CNC(=O)c1cc(-n2ncc3cc(Nc4c(F)cccc4Cl)ncc32)cs1. The molecule has 4 aromatic rings. The largest absolute Gasteiger partial charge is 0.354 e. The third kappa shape index (κ3) is 3.24. The lowest BCUT2D eigenvalue weighted by atomic mass is 10.3.